The second kappa shape index (κ2) is 5.52. The predicted molar refractivity (Wildman–Crippen MR) is 68.1 cm³/mol. The number of para-hydroxylation sites is 1. The topological polar surface area (TPSA) is 55.5 Å². The Labute approximate surface area is 103 Å². The van der Waals surface area contributed by atoms with E-state index in [-0.39, 0.29) is 6.61 Å². The maximum absolute atomic E-state index is 9.00. The van der Waals surface area contributed by atoms with Crippen LogP contribution in [0.3, 0.4) is 0 Å². The van der Waals surface area contributed by atoms with Crippen LogP contribution in [0.1, 0.15) is 24.8 Å². The molecule has 17 heavy (non-hydrogen) atoms. The van der Waals surface area contributed by atoms with Crippen molar-refractivity contribution < 1.29 is 9.84 Å². The van der Waals surface area contributed by atoms with Gasteiger partial charge in [-0.1, -0.05) is 18.2 Å². The molecule has 0 saturated heterocycles. The lowest BCUT2D eigenvalue weighted by molar-refractivity contribution is 0.223. The Morgan fingerprint density at radius 1 is 1.29 bits per heavy atom. The van der Waals surface area contributed by atoms with E-state index in [4.69, 9.17) is 15.6 Å². The molecule has 0 unspecified atom stereocenters. The fourth-order valence-electron chi connectivity index (χ4n) is 2.15. The average molecular weight is 235 g/mol. The van der Waals surface area contributed by atoms with Gasteiger partial charge in [0.2, 0.25) is 0 Å². The van der Waals surface area contributed by atoms with Crippen LogP contribution in [0.2, 0.25) is 0 Å². The molecule has 0 aliphatic heterocycles. The van der Waals surface area contributed by atoms with Gasteiger partial charge in [0.15, 0.2) is 0 Å². The van der Waals surface area contributed by atoms with E-state index < -0.39 is 0 Å². The zero-order valence-corrected chi connectivity index (χ0v) is 10.2. The van der Waals surface area contributed by atoms with Crippen molar-refractivity contribution in [3.05, 3.63) is 29.8 Å². The molecule has 0 aromatic heterocycles. The van der Waals surface area contributed by atoms with Crippen molar-refractivity contribution in [1.82, 2.24) is 0 Å². The van der Waals surface area contributed by atoms with Crippen LogP contribution in [0.5, 0.6) is 5.75 Å². The van der Waals surface area contributed by atoms with Crippen LogP contribution >= 0.6 is 0 Å². The summed E-state index contributed by atoms with van der Waals surface area (Å²) >= 11 is 0. The van der Waals surface area contributed by atoms with Crippen LogP contribution in [-0.4, -0.2) is 24.9 Å². The smallest absolute Gasteiger partial charge is 0.122 e. The van der Waals surface area contributed by atoms with Crippen LogP contribution in [-0.2, 0) is 6.42 Å². The number of hydrogen-bond donors (Lipinski definition) is 2. The number of nitrogens with two attached hydrogens (primary N) is 1. The van der Waals surface area contributed by atoms with Gasteiger partial charge in [-0.05, 0) is 43.9 Å². The number of aliphatic hydroxyl groups is 1. The van der Waals surface area contributed by atoms with Gasteiger partial charge in [-0.15, -0.1) is 0 Å². The van der Waals surface area contributed by atoms with E-state index in [1.54, 1.807) is 0 Å². The van der Waals surface area contributed by atoms with Crippen molar-refractivity contribution in [1.29, 1.82) is 0 Å². The first-order chi connectivity index (χ1) is 8.29. The minimum atomic E-state index is 0.161. The summed E-state index contributed by atoms with van der Waals surface area (Å²) in [6.45, 7) is 1.66. The molecule has 94 valence electrons. The minimum absolute atomic E-state index is 0.161. The van der Waals surface area contributed by atoms with Crippen molar-refractivity contribution in [3.8, 4) is 5.75 Å². The van der Waals surface area contributed by atoms with Gasteiger partial charge in [0, 0.05) is 12.0 Å². The highest BCUT2D eigenvalue weighted by molar-refractivity contribution is 5.33. The Bertz CT molecular complexity index is 361. The lowest BCUT2D eigenvalue weighted by Crippen LogP contribution is -2.18. The fraction of sp³-hybridized carbons (Fsp3) is 0.571. The summed E-state index contributed by atoms with van der Waals surface area (Å²) in [5.41, 5.74) is 7.03. The molecule has 2 rings (SSSR count). The Kier molecular flexibility index (Phi) is 4.02. The lowest BCUT2D eigenvalue weighted by Gasteiger charge is -2.17. The van der Waals surface area contributed by atoms with Crippen molar-refractivity contribution >= 4 is 0 Å². The Morgan fingerprint density at radius 3 is 2.71 bits per heavy atom. The summed E-state index contributed by atoms with van der Waals surface area (Å²) in [6, 6.07) is 7.93. The van der Waals surface area contributed by atoms with E-state index in [0.717, 1.165) is 30.9 Å². The summed E-state index contributed by atoms with van der Waals surface area (Å²) < 4.78 is 5.90. The highest BCUT2D eigenvalue weighted by atomic mass is 16.5. The first-order valence-electron chi connectivity index (χ1n) is 6.31. The van der Waals surface area contributed by atoms with Crippen molar-refractivity contribution in [3.63, 3.8) is 0 Å². The van der Waals surface area contributed by atoms with E-state index in [0.29, 0.717) is 11.8 Å². The Hall–Kier alpha value is -1.06. The summed E-state index contributed by atoms with van der Waals surface area (Å²) in [5.74, 6) is 0.907. The van der Waals surface area contributed by atoms with E-state index in [2.05, 4.69) is 0 Å². The molecular formula is C14H21NO2. The number of hydrogen-bond acceptors (Lipinski definition) is 3. The quantitative estimate of drug-likeness (QED) is 0.756. The number of benzene rings is 1. The van der Waals surface area contributed by atoms with Crippen molar-refractivity contribution in [2.75, 3.05) is 19.8 Å². The predicted octanol–water partition coefficient (Wildman–Crippen LogP) is 1.73. The molecule has 0 radical (unpaired) electrons. The fourth-order valence-corrected chi connectivity index (χ4v) is 2.15. The third-order valence-corrected chi connectivity index (χ3v) is 3.52. The molecule has 3 heteroatoms. The van der Waals surface area contributed by atoms with E-state index in [1.165, 1.54) is 12.8 Å². The molecule has 1 aromatic carbocycles. The first kappa shape index (κ1) is 12.4. The minimum Gasteiger partial charge on any atom is -0.493 e. The Morgan fingerprint density at radius 2 is 2.06 bits per heavy atom. The molecule has 0 atom stereocenters. The van der Waals surface area contributed by atoms with Gasteiger partial charge < -0.3 is 15.6 Å². The zero-order chi connectivity index (χ0) is 12.1. The van der Waals surface area contributed by atoms with Gasteiger partial charge in [0.25, 0.3) is 0 Å². The molecule has 1 aliphatic carbocycles. The highest BCUT2D eigenvalue weighted by Crippen LogP contribution is 2.48. The summed E-state index contributed by atoms with van der Waals surface area (Å²) in [6.07, 6.45) is 4.16. The third-order valence-electron chi connectivity index (χ3n) is 3.52. The SMILES string of the molecule is NCCC1(COc2ccccc2CCO)CC1. The Balaban J connectivity index is 1.94. The molecule has 1 aliphatic rings. The van der Waals surface area contributed by atoms with Gasteiger partial charge in [0.1, 0.15) is 5.75 Å². The lowest BCUT2D eigenvalue weighted by atomic mass is 10.0. The second-order valence-corrected chi connectivity index (χ2v) is 4.91. The number of aliphatic hydroxyl groups excluding tert-OH is 1. The second-order valence-electron chi connectivity index (χ2n) is 4.91. The molecule has 3 nitrogen and oxygen atoms in total. The van der Waals surface area contributed by atoms with Crippen LogP contribution in [0.15, 0.2) is 24.3 Å². The maximum atomic E-state index is 9.00. The van der Waals surface area contributed by atoms with Crippen LogP contribution in [0.4, 0.5) is 0 Å². The molecule has 0 amide bonds. The van der Waals surface area contributed by atoms with Gasteiger partial charge in [-0.2, -0.15) is 0 Å². The first-order valence-corrected chi connectivity index (χ1v) is 6.31. The summed E-state index contributed by atoms with van der Waals surface area (Å²) in [7, 11) is 0. The molecule has 1 saturated carbocycles. The van der Waals surface area contributed by atoms with Crippen molar-refractivity contribution in [2.24, 2.45) is 11.1 Å². The zero-order valence-electron chi connectivity index (χ0n) is 10.2. The van der Waals surface area contributed by atoms with E-state index in [9.17, 15) is 0 Å². The molecule has 1 aromatic rings. The molecule has 0 spiro atoms. The standard InChI is InChI=1S/C14H21NO2/c15-9-8-14(6-7-14)11-17-13-4-2-1-3-12(13)5-10-16/h1-4,16H,5-11,15H2. The van der Waals surface area contributed by atoms with Gasteiger partial charge in [-0.3, -0.25) is 0 Å². The van der Waals surface area contributed by atoms with Gasteiger partial charge >= 0.3 is 0 Å². The average Bonchev–Trinajstić information content (AvgIpc) is 3.09. The maximum Gasteiger partial charge on any atom is 0.122 e. The van der Waals surface area contributed by atoms with Crippen LogP contribution in [0, 0.1) is 5.41 Å². The number of rotatable bonds is 7. The number of ether oxygens (including phenoxy) is 1. The molecule has 0 heterocycles. The van der Waals surface area contributed by atoms with E-state index in [1.807, 2.05) is 24.3 Å². The van der Waals surface area contributed by atoms with E-state index >= 15 is 0 Å². The normalized spacial score (nSPS) is 16.8. The molecule has 3 N–H and O–H groups in total. The monoisotopic (exact) mass is 235 g/mol. The third kappa shape index (κ3) is 3.20. The van der Waals surface area contributed by atoms with Crippen LogP contribution in [0.25, 0.3) is 0 Å². The van der Waals surface area contributed by atoms with Gasteiger partial charge in [-0.25, -0.2) is 0 Å². The summed E-state index contributed by atoms with van der Waals surface area (Å²) in [4.78, 5) is 0. The molecule has 1 fully saturated rings. The largest absolute Gasteiger partial charge is 0.493 e. The molecular weight excluding hydrogens is 214 g/mol. The van der Waals surface area contributed by atoms with Crippen molar-refractivity contribution in [2.45, 2.75) is 25.7 Å². The highest BCUT2D eigenvalue weighted by Gasteiger charge is 2.42. The summed E-state index contributed by atoms with van der Waals surface area (Å²) in [5, 5.41) is 9.00. The molecule has 0 bridgehead atoms. The van der Waals surface area contributed by atoms with Gasteiger partial charge in [0.05, 0.1) is 6.61 Å². The van der Waals surface area contributed by atoms with Crippen LogP contribution < -0.4 is 10.5 Å².